The van der Waals surface area contributed by atoms with Crippen molar-refractivity contribution in [2.24, 2.45) is 0 Å². The second kappa shape index (κ2) is 7.04. The normalized spacial score (nSPS) is 11.4. The van der Waals surface area contributed by atoms with E-state index < -0.39 is 17.1 Å². The lowest BCUT2D eigenvalue weighted by molar-refractivity contribution is -0.729. The summed E-state index contributed by atoms with van der Waals surface area (Å²) in [4.78, 5) is 26.3. The minimum atomic E-state index is -1.09. The Kier molecular flexibility index (Phi) is 4.87. The minimum Gasteiger partial charge on any atom is -0.373 e. The fourth-order valence-electron chi connectivity index (χ4n) is 1.92. The van der Waals surface area contributed by atoms with Gasteiger partial charge in [-0.3, -0.25) is 4.79 Å². The topological polar surface area (TPSA) is 81.5 Å². The number of para-hydroxylation sites is 1. The molecule has 0 fully saturated rings. The van der Waals surface area contributed by atoms with E-state index in [-0.39, 0.29) is 0 Å². The predicted molar refractivity (Wildman–Crippen MR) is 77.1 cm³/mol. The predicted octanol–water partition coefficient (Wildman–Crippen LogP) is 2.44. The van der Waals surface area contributed by atoms with E-state index in [1.165, 1.54) is 0 Å². The molecule has 0 amide bonds. The lowest BCUT2D eigenvalue weighted by Crippen LogP contribution is -2.34. The van der Waals surface area contributed by atoms with Crippen LogP contribution in [0.15, 0.2) is 60.7 Å². The van der Waals surface area contributed by atoms with E-state index in [0.717, 1.165) is 5.56 Å². The fourth-order valence-corrected chi connectivity index (χ4v) is 1.92. The van der Waals surface area contributed by atoms with Gasteiger partial charge in [0, 0.05) is 12.1 Å². The first-order valence-corrected chi connectivity index (χ1v) is 6.37. The molecule has 21 heavy (non-hydrogen) atoms. The summed E-state index contributed by atoms with van der Waals surface area (Å²) in [6.45, 7) is 0. The number of nitrogens with one attached hydrogen (secondary N) is 1. The Bertz CT molecular complexity index is 560. The number of benzene rings is 2. The van der Waals surface area contributed by atoms with Crippen molar-refractivity contribution in [1.82, 2.24) is 0 Å². The number of rotatable bonds is 6. The molecule has 108 valence electrons. The first kappa shape index (κ1) is 14.5. The van der Waals surface area contributed by atoms with Gasteiger partial charge < -0.3 is 5.32 Å². The second-order valence-corrected chi connectivity index (χ2v) is 4.39. The second-order valence-electron chi connectivity index (χ2n) is 4.39. The highest BCUT2D eigenvalue weighted by Crippen LogP contribution is 2.12. The number of carbonyl (C=O) groups is 1. The average molecular weight is 286 g/mol. The molecule has 0 heterocycles. The van der Waals surface area contributed by atoms with Crippen molar-refractivity contribution in [3.05, 3.63) is 76.3 Å². The smallest absolute Gasteiger partial charge is 0.326 e. The maximum absolute atomic E-state index is 11.8. The highest BCUT2D eigenvalue weighted by molar-refractivity contribution is 5.79. The molecule has 0 saturated heterocycles. The van der Waals surface area contributed by atoms with E-state index in [1.54, 1.807) is 24.3 Å². The summed E-state index contributed by atoms with van der Waals surface area (Å²) < 4.78 is 0. The maximum Gasteiger partial charge on any atom is 0.326 e. The minimum absolute atomic E-state index is 0.294. The first-order chi connectivity index (χ1) is 10.1. The molecule has 0 aromatic heterocycles. The monoisotopic (exact) mass is 286 g/mol. The van der Waals surface area contributed by atoms with E-state index in [9.17, 15) is 14.9 Å². The molecule has 1 N–H and O–H groups in total. The quantitative estimate of drug-likeness (QED) is 0.651. The molecule has 0 radical (unpaired) electrons. The average Bonchev–Trinajstić information content (AvgIpc) is 2.48. The van der Waals surface area contributed by atoms with Gasteiger partial charge >= 0.3 is 11.1 Å². The standard InChI is InChI=1S/C15H14N2O4/c18-15(21-17(19)20)14(11-12-7-3-1-4-8-12)16-13-9-5-2-6-10-13/h1-10,14,16H,11H2/t14-/m0/s1. The largest absolute Gasteiger partial charge is 0.373 e. The zero-order valence-corrected chi connectivity index (χ0v) is 11.1. The van der Waals surface area contributed by atoms with Crippen LogP contribution in [0.1, 0.15) is 5.56 Å². The molecule has 0 aliphatic rings. The van der Waals surface area contributed by atoms with Crippen LogP contribution in [-0.4, -0.2) is 17.1 Å². The number of nitrogens with zero attached hydrogens (tertiary/aromatic N) is 1. The van der Waals surface area contributed by atoms with Gasteiger partial charge in [-0.1, -0.05) is 48.5 Å². The molecule has 0 aliphatic carbocycles. The summed E-state index contributed by atoms with van der Waals surface area (Å²) in [6, 6.07) is 17.4. The van der Waals surface area contributed by atoms with Gasteiger partial charge in [0.2, 0.25) is 0 Å². The molecule has 0 bridgehead atoms. The van der Waals surface area contributed by atoms with Crippen LogP contribution in [0, 0.1) is 10.1 Å². The van der Waals surface area contributed by atoms with Crippen LogP contribution in [0.4, 0.5) is 5.69 Å². The van der Waals surface area contributed by atoms with E-state index in [0.29, 0.717) is 12.1 Å². The Hall–Kier alpha value is -2.89. The Morgan fingerprint density at radius 1 is 1.10 bits per heavy atom. The van der Waals surface area contributed by atoms with Crippen molar-refractivity contribution in [3.63, 3.8) is 0 Å². The van der Waals surface area contributed by atoms with Crippen molar-refractivity contribution in [1.29, 1.82) is 0 Å². The number of carbonyl (C=O) groups excluding carboxylic acids is 1. The lowest BCUT2D eigenvalue weighted by Gasteiger charge is -2.17. The van der Waals surface area contributed by atoms with Gasteiger partial charge in [-0.15, -0.1) is 10.1 Å². The molecular formula is C15H14N2O4. The Balaban J connectivity index is 2.13. The molecule has 0 spiro atoms. The number of hydrogen-bond donors (Lipinski definition) is 1. The molecule has 0 unspecified atom stereocenters. The van der Waals surface area contributed by atoms with Crippen molar-refractivity contribution < 1.29 is 14.7 Å². The molecule has 6 heteroatoms. The van der Waals surface area contributed by atoms with E-state index >= 15 is 0 Å². The van der Waals surface area contributed by atoms with Crippen LogP contribution in [-0.2, 0) is 16.1 Å². The summed E-state index contributed by atoms with van der Waals surface area (Å²) in [5.74, 6) is -0.923. The Labute approximate surface area is 121 Å². The molecule has 2 aromatic rings. The number of hydrogen-bond acceptors (Lipinski definition) is 5. The van der Waals surface area contributed by atoms with Gasteiger partial charge in [0.25, 0.3) is 0 Å². The van der Waals surface area contributed by atoms with Gasteiger partial charge in [-0.2, -0.15) is 0 Å². The van der Waals surface area contributed by atoms with Crippen LogP contribution in [0.25, 0.3) is 0 Å². The molecule has 6 nitrogen and oxygen atoms in total. The fraction of sp³-hybridized carbons (Fsp3) is 0.133. The van der Waals surface area contributed by atoms with Gasteiger partial charge in [0.05, 0.1) is 0 Å². The first-order valence-electron chi connectivity index (χ1n) is 6.37. The summed E-state index contributed by atoms with van der Waals surface area (Å²) in [5, 5.41) is 12.2. The van der Waals surface area contributed by atoms with E-state index in [2.05, 4.69) is 10.2 Å². The summed E-state index contributed by atoms with van der Waals surface area (Å²) in [5.41, 5.74) is 1.57. The Morgan fingerprint density at radius 2 is 1.67 bits per heavy atom. The van der Waals surface area contributed by atoms with E-state index in [1.807, 2.05) is 36.4 Å². The van der Waals surface area contributed by atoms with Gasteiger partial charge in [-0.05, 0) is 17.7 Å². The Morgan fingerprint density at radius 3 is 2.24 bits per heavy atom. The number of anilines is 1. The lowest BCUT2D eigenvalue weighted by atomic mass is 10.1. The molecule has 2 aromatic carbocycles. The van der Waals surface area contributed by atoms with Crippen molar-refractivity contribution >= 4 is 11.7 Å². The molecular weight excluding hydrogens is 272 g/mol. The third kappa shape index (κ3) is 4.61. The highest BCUT2D eigenvalue weighted by atomic mass is 17.0. The van der Waals surface area contributed by atoms with Crippen LogP contribution in [0.2, 0.25) is 0 Å². The van der Waals surface area contributed by atoms with E-state index in [4.69, 9.17) is 0 Å². The van der Waals surface area contributed by atoms with Gasteiger partial charge in [0.1, 0.15) is 6.04 Å². The van der Waals surface area contributed by atoms with Crippen molar-refractivity contribution in [3.8, 4) is 0 Å². The highest BCUT2D eigenvalue weighted by Gasteiger charge is 2.22. The van der Waals surface area contributed by atoms with Crippen LogP contribution < -0.4 is 5.32 Å². The zero-order valence-electron chi connectivity index (χ0n) is 11.1. The van der Waals surface area contributed by atoms with Crippen molar-refractivity contribution in [2.75, 3.05) is 5.32 Å². The summed E-state index contributed by atoms with van der Waals surface area (Å²) >= 11 is 0. The van der Waals surface area contributed by atoms with Gasteiger partial charge in [-0.25, -0.2) is 4.84 Å². The summed E-state index contributed by atoms with van der Waals surface area (Å²) in [7, 11) is 0. The van der Waals surface area contributed by atoms with Crippen LogP contribution in [0.5, 0.6) is 0 Å². The summed E-state index contributed by atoms with van der Waals surface area (Å²) in [6.07, 6.45) is 0.294. The SMILES string of the molecule is O=C(O[N+](=O)[O-])[C@H](Cc1ccccc1)Nc1ccccc1. The maximum atomic E-state index is 11.8. The van der Waals surface area contributed by atoms with Crippen LogP contribution in [0.3, 0.4) is 0 Å². The molecule has 2 rings (SSSR count). The van der Waals surface area contributed by atoms with Crippen LogP contribution >= 0.6 is 0 Å². The molecule has 1 atom stereocenters. The molecule has 0 saturated carbocycles. The third-order valence-corrected chi connectivity index (χ3v) is 2.85. The van der Waals surface area contributed by atoms with Crippen molar-refractivity contribution in [2.45, 2.75) is 12.5 Å². The zero-order chi connectivity index (χ0) is 15.1. The third-order valence-electron chi connectivity index (χ3n) is 2.85. The van der Waals surface area contributed by atoms with Gasteiger partial charge in [0.15, 0.2) is 0 Å². The molecule has 0 aliphatic heterocycles.